The number of hydrogen-bond donors (Lipinski definition) is 0. The fourth-order valence-electron chi connectivity index (χ4n) is 5.80. The van der Waals surface area contributed by atoms with Crippen molar-refractivity contribution in [2.75, 3.05) is 19.3 Å². The topological polar surface area (TPSA) is 74.8 Å². The monoisotopic (exact) mass is 562 g/mol. The van der Waals surface area contributed by atoms with E-state index in [9.17, 15) is 30.6 Å². The lowest BCUT2D eigenvalue weighted by Gasteiger charge is -2.42. The molecule has 2 heterocycles. The van der Waals surface area contributed by atoms with Crippen molar-refractivity contribution < 1.29 is 30.6 Å². The first-order chi connectivity index (χ1) is 17.2. The Bertz CT molecular complexity index is 1150. The Morgan fingerprint density at radius 3 is 2.16 bits per heavy atom. The molecule has 0 spiro atoms. The predicted octanol–water partition coefficient (Wildman–Crippen LogP) is 4.00. The SMILES string of the molecule is CN(CC(=O)N1[C@@H]2CC[C@H]1CC([C@@H](Cc1cc(F)c(F)cc1F)C[S@@](=O)C(C)(C)C)C2)S(=O)(=O)C1CC1. The van der Waals surface area contributed by atoms with E-state index in [1.54, 1.807) is 0 Å². The van der Waals surface area contributed by atoms with Gasteiger partial charge in [-0.1, -0.05) is 0 Å². The smallest absolute Gasteiger partial charge is 0.238 e. The molecule has 3 fully saturated rings. The van der Waals surface area contributed by atoms with Crippen LogP contribution in [0.4, 0.5) is 13.2 Å². The highest BCUT2D eigenvalue weighted by Gasteiger charge is 2.47. The quantitative estimate of drug-likeness (QED) is 0.427. The van der Waals surface area contributed by atoms with Gasteiger partial charge in [0.05, 0.1) is 11.8 Å². The highest BCUT2D eigenvalue weighted by atomic mass is 32.2. The van der Waals surface area contributed by atoms with Gasteiger partial charge in [-0.15, -0.1) is 0 Å². The van der Waals surface area contributed by atoms with Crippen LogP contribution in [0.25, 0.3) is 0 Å². The van der Waals surface area contributed by atoms with Gasteiger partial charge in [0.1, 0.15) is 5.82 Å². The zero-order chi connectivity index (χ0) is 27.3. The summed E-state index contributed by atoms with van der Waals surface area (Å²) in [4.78, 5) is 15.0. The first-order valence-corrected chi connectivity index (χ1v) is 15.8. The second-order valence-corrected chi connectivity index (χ2v) is 16.4. The molecular weight excluding hydrogens is 525 g/mol. The molecule has 2 aliphatic heterocycles. The molecule has 1 unspecified atom stereocenters. The van der Waals surface area contributed by atoms with Crippen LogP contribution in [-0.4, -0.2) is 69.2 Å². The van der Waals surface area contributed by atoms with E-state index in [2.05, 4.69) is 0 Å². The number of rotatable bonds is 9. The highest BCUT2D eigenvalue weighted by molar-refractivity contribution is 7.90. The molecule has 1 aliphatic carbocycles. The van der Waals surface area contributed by atoms with Crippen LogP contribution in [0.1, 0.15) is 64.9 Å². The number of fused-ring (bicyclic) bond motifs is 2. The third kappa shape index (κ3) is 6.24. The number of benzene rings is 1. The van der Waals surface area contributed by atoms with Crippen molar-refractivity contribution in [3.63, 3.8) is 0 Å². The molecule has 208 valence electrons. The lowest BCUT2D eigenvalue weighted by atomic mass is 9.78. The minimum absolute atomic E-state index is 0.0216. The third-order valence-corrected chi connectivity index (χ3v) is 12.5. The van der Waals surface area contributed by atoms with Gasteiger partial charge in [-0.3, -0.25) is 9.00 Å². The van der Waals surface area contributed by atoms with E-state index in [1.807, 2.05) is 25.7 Å². The van der Waals surface area contributed by atoms with Crippen LogP contribution in [-0.2, 0) is 32.0 Å². The van der Waals surface area contributed by atoms with E-state index in [-0.39, 0.29) is 53.6 Å². The van der Waals surface area contributed by atoms with Gasteiger partial charge in [-0.2, -0.15) is 4.31 Å². The molecule has 4 rings (SSSR count). The summed E-state index contributed by atoms with van der Waals surface area (Å²) in [7, 11) is -3.24. The molecule has 37 heavy (non-hydrogen) atoms. The number of carbonyl (C=O) groups excluding carboxylic acids is 1. The molecule has 1 aromatic carbocycles. The molecule has 2 bridgehead atoms. The van der Waals surface area contributed by atoms with Crippen molar-refractivity contribution in [1.82, 2.24) is 9.21 Å². The second-order valence-electron chi connectivity index (χ2n) is 11.9. The Morgan fingerprint density at radius 2 is 1.62 bits per heavy atom. The predicted molar refractivity (Wildman–Crippen MR) is 137 cm³/mol. The van der Waals surface area contributed by atoms with Gasteiger partial charge in [-0.05, 0) is 89.2 Å². The minimum Gasteiger partial charge on any atom is -0.336 e. The molecule has 0 aromatic heterocycles. The number of piperidine rings is 1. The summed E-state index contributed by atoms with van der Waals surface area (Å²) in [6.07, 6.45) is 4.23. The first kappa shape index (κ1) is 28.5. The summed E-state index contributed by atoms with van der Waals surface area (Å²) in [5.74, 6) is -3.30. The Balaban J connectivity index is 1.50. The molecule has 1 saturated carbocycles. The molecular formula is C26H37F3N2O4S2. The van der Waals surface area contributed by atoms with Crippen molar-refractivity contribution in [3.8, 4) is 0 Å². The maximum absolute atomic E-state index is 14.6. The number of halogens is 3. The van der Waals surface area contributed by atoms with Crippen molar-refractivity contribution in [3.05, 3.63) is 35.1 Å². The summed E-state index contributed by atoms with van der Waals surface area (Å²) >= 11 is 0. The first-order valence-electron chi connectivity index (χ1n) is 13.0. The molecule has 11 heteroatoms. The minimum atomic E-state index is -3.45. The zero-order valence-corrected chi connectivity index (χ0v) is 23.5. The van der Waals surface area contributed by atoms with Gasteiger partial charge in [0, 0.05) is 46.5 Å². The van der Waals surface area contributed by atoms with Gasteiger partial charge in [0.15, 0.2) is 11.6 Å². The Morgan fingerprint density at radius 1 is 1.05 bits per heavy atom. The van der Waals surface area contributed by atoms with E-state index in [1.165, 1.54) is 11.4 Å². The maximum atomic E-state index is 14.6. The van der Waals surface area contributed by atoms with Crippen molar-refractivity contribution in [1.29, 1.82) is 0 Å². The van der Waals surface area contributed by atoms with Gasteiger partial charge < -0.3 is 4.90 Å². The number of nitrogens with zero attached hydrogens (tertiary/aromatic N) is 2. The van der Waals surface area contributed by atoms with Crippen molar-refractivity contribution >= 4 is 26.7 Å². The standard InChI is InChI=1S/C26H37F3N2O4S2/c1-26(2,3)36(33)15-18(9-17-12-23(28)24(29)13-22(17)27)16-10-19-5-6-20(11-16)31(19)25(32)14-30(4)37(34,35)21-7-8-21/h12-13,16,18-21H,5-11,14-15H2,1-4H3/t16?,18-,19-,20+,36+/m0/s1. The fraction of sp³-hybridized carbons (Fsp3) is 0.731. The van der Waals surface area contributed by atoms with E-state index in [0.717, 1.165) is 18.9 Å². The van der Waals surface area contributed by atoms with E-state index >= 15 is 0 Å². The van der Waals surface area contributed by atoms with Crippen LogP contribution in [0.3, 0.4) is 0 Å². The largest absolute Gasteiger partial charge is 0.336 e. The Kier molecular flexibility index (Phi) is 8.18. The number of carbonyl (C=O) groups is 1. The van der Waals surface area contributed by atoms with Gasteiger partial charge in [-0.25, -0.2) is 21.6 Å². The molecule has 6 nitrogen and oxygen atoms in total. The number of amides is 1. The molecule has 2 saturated heterocycles. The Labute approximate surface area is 220 Å². The van der Waals surface area contributed by atoms with Crippen LogP contribution in [0.5, 0.6) is 0 Å². The number of sulfonamides is 1. The molecule has 0 N–H and O–H groups in total. The van der Waals surface area contributed by atoms with Crippen LogP contribution >= 0.6 is 0 Å². The average molecular weight is 563 g/mol. The molecule has 1 amide bonds. The van der Waals surface area contributed by atoms with Gasteiger partial charge >= 0.3 is 0 Å². The average Bonchev–Trinajstić information content (AvgIpc) is 3.62. The lowest BCUT2D eigenvalue weighted by molar-refractivity contribution is -0.136. The van der Waals surface area contributed by atoms with Gasteiger partial charge in [0.25, 0.3) is 0 Å². The van der Waals surface area contributed by atoms with Crippen molar-refractivity contribution in [2.24, 2.45) is 11.8 Å². The van der Waals surface area contributed by atoms with Crippen LogP contribution in [0.15, 0.2) is 12.1 Å². The number of likely N-dealkylation sites (N-methyl/N-ethyl adjacent to an activating group) is 1. The number of hydrogen-bond acceptors (Lipinski definition) is 4. The second kappa shape index (κ2) is 10.6. The summed E-state index contributed by atoms with van der Waals surface area (Å²) < 4.78 is 80.8. The van der Waals surface area contributed by atoms with Crippen LogP contribution in [0.2, 0.25) is 0 Å². The van der Waals surface area contributed by atoms with Crippen LogP contribution in [0, 0.1) is 29.3 Å². The third-order valence-electron chi connectivity index (χ3n) is 8.08. The van der Waals surface area contributed by atoms with Crippen molar-refractivity contribution in [2.45, 2.75) is 87.8 Å². The van der Waals surface area contributed by atoms with E-state index < -0.39 is 43.0 Å². The fourth-order valence-corrected chi connectivity index (χ4v) is 8.61. The molecule has 5 atom stereocenters. The highest BCUT2D eigenvalue weighted by Crippen LogP contribution is 2.43. The van der Waals surface area contributed by atoms with Crippen LogP contribution < -0.4 is 0 Å². The normalized spacial score (nSPS) is 25.9. The Hall–Kier alpha value is -1.46. The van der Waals surface area contributed by atoms with Gasteiger partial charge in [0.2, 0.25) is 15.9 Å². The lowest BCUT2D eigenvalue weighted by Crippen LogP contribution is -2.52. The maximum Gasteiger partial charge on any atom is 0.238 e. The molecule has 0 radical (unpaired) electrons. The summed E-state index contributed by atoms with van der Waals surface area (Å²) in [6, 6.07) is 1.29. The van der Waals surface area contributed by atoms with E-state index in [0.29, 0.717) is 37.5 Å². The zero-order valence-electron chi connectivity index (χ0n) is 21.9. The summed E-state index contributed by atoms with van der Waals surface area (Å²) in [5.41, 5.74) is 0.0626. The molecule has 3 aliphatic rings. The summed E-state index contributed by atoms with van der Waals surface area (Å²) in [6.45, 7) is 5.43. The van der Waals surface area contributed by atoms with E-state index in [4.69, 9.17) is 0 Å². The summed E-state index contributed by atoms with van der Waals surface area (Å²) in [5, 5.41) is -0.381. The molecule has 1 aromatic rings.